The molecule has 0 bridgehead atoms. The van der Waals surface area contributed by atoms with Gasteiger partial charge in [-0.05, 0) is 25.0 Å². The summed E-state index contributed by atoms with van der Waals surface area (Å²) in [5.74, 6) is 1.40. The van der Waals surface area contributed by atoms with Crippen LogP contribution in [0.3, 0.4) is 0 Å². The Hall–Kier alpha value is -0.930. The molecule has 0 aliphatic heterocycles. The zero-order valence-electron chi connectivity index (χ0n) is 10.3. The Morgan fingerprint density at radius 1 is 1.12 bits per heavy atom. The summed E-state index contributed by atoms with van der Waals surface area (Å²) in [5, 5.41) is 0.580. The number of halogens is 1. The van der Waals surface area contributed by atoms with Gasteiger partial charge >= 0.3 is 0 Å². The Morgan fingerprint density at radius 2 is 1.65 bits per heavy atom. The van der Waals surface area contributed by atoms with Gasteiger partial charge in [0.25, 0.3) is 0 Å². The minimum absolute atomic E-state index is 0.378. The molecule has 0 radical (unpaired) electrons. The number of nitrogens with two attached hydrogens (primary N) is 1. The summed E-state index contributed by atoms with van der Waals surface area (Å²) in [5.41, 5.74) is 6.97. The van der Waals surface area contributed by atoms with Gasteiger partial charge in [0.15, 0.2) is 0 Å². The molecule has 1 aliphatic rings. The Morgan fingerprint density at radius 3 is 2.18 bits per heavy atom. The van der Waals surface area contributed by atoms with E-state index in [1.54, 1.807) is 14.2 Å². The van der Waals surface area contributed by atoms with Gasteiger partial charge in [0.1, 0.15) is 11.5 Å². The molecule has 1 fully saturated rings. The van der Waals surface area contributed by atoms with Crippen LogP contribution in [-0.4, -0.2) is 14.2 Å². The van der Waals surface area contributed by atoms with E-state index >= 15 is 0 Å². The lowest BCUT2D eigenvalue weighted by Gasteiger charge is -2.28. The van der Waals surface area contributed by atoms with Gasteiger partial charge in [-0.25, -0.2) is 0 Å². The standard InChI is InChI=1S/C13H18ClNO2/c1-16-9-5-6-10(17-2)12(14)11(9)13(15)7-3-4-8-13/h5-6H,3-4,7-8,15H2,1-2H3. The minimum atomic E-state index is -0.378. The molecule has 0 unspecified atom stereocenters. The van der Waals surface area contributed by atoms with E-state index in [1.807, 2.05) is 12.1 Å². The average molecular weight is 256 g/mol. The normalized spacial score (nSPS) is 18.1. The van der Waals surface area contributed by atoms with Crippen molar-refractivity contribution in [1.29, 1.82) is 0 Å². The lowest BCUT2D eigenvalue weighted by atomic mass is 9.88. The highest BCUT2D eigenvalue weighted by atomic mass is 35.5. The van der Waals surface area contributed by atoms with Crippen molar-refractivity contribution in [1.82, 2.24) is 0 Å². The van der Waals surface area contributed by atoms with Crippen LogP contribution in [0, 0.1) is 0 Å². The van der Waals surface area contributed by atoms with Gasteiger partial charge < -0.3 is 15.2 Å². The molecule has 1 aromatic rings. The van der Waals surface area contributed by atoms with Crippen LogP contribution < -0.4 is 15.2 Å². The first-order valence-corrected chi connectivity index (χ1v) is 6.20. The fourth-order valence-corrected chi connectivity index (χ4v) is 3.01. The smallest absolute Gasteiger partial charge is 0.138 e. The molecule has 1 saturated carbocycles. The van der Waals surface area contributed by atoms with Gasteiger partial charge in [-0.3, -0.25) is 0 Å². The molecule has 0 spiro atoms. The average Bonchev–Trinajstić information content (AvgIpc) is 2.76. The monoisotopic (exact) mass is 255 g/mol. The second-order valence-corrected chi connectivity index (χ2v) is 4.90. The highest BCUT2D eigenvalue weighted by Crippen LogP contribution is 2.46. The van der Waals surface area contributed by atoms with Crippen molar-refractivity contribution in [3.05, 3.63) is 22.7 Å². The Kier molecular flexibility index (Phi) is 3.50. The maximum Gasteiger partial charge on any atom is 0.138 e. The maximum absolute atomic E-state index is 6.46. The van der Waals surface area contributed by atoms with Crippen LogP contribution in [0.25, 0.3) is 0 Å². The van der Waals surface area contributed by atoms with Gasteiger partial charge in [0.2, 0.25) is 0 Å². The number of ether oxygens (including phenoxy) is 2. The SMILES string of the molecule is COc1ccc(OC)c(C2(N)CCCC2)c1Cl. The third-order valence-electron chi connectivity index (χ3n) is 3.50. The van der Waals surface area contributed by atoms with E-state index in [-0.39, 0.29) is 5.54 Å². The summed E-state index contributed by atoms with van der Waals surface area (Å²) in [6.45, 7) is 0. The minimum Gasteiger partial charge on any atom is -0.496 e. The fourth-order valence-electron chi connectivity index (χ4n) is 2.59. The summed E-state index contributed by atoms with van der Waals surface area (Å²) < 4.78 is 10.6. The second-order valence-electron chi connectivity index (χ2n) is 4.52. The molecule has 0 atom stereocenters. The predicted molar refractivity (Wildman–Crippen MR) is 68.9 cm³/mol. The molecule has 0 saturated heterocycles. The van der Waals surface area contributed by atoms with Crippen molar-refractivity contribution in [2.45, 2.75) is 31.2 Å². The largest absolute Gasteiger partial charge is 0.496 e. The molecular formula is C13H18ClNO2. The van der Waals surface area contributed by atoms with Crippen molar-refractivity contribution >= 4 is 11.6 Å². The third-order valence-corrected chi connectivity index (χ3v) is 3.88. The molecule has 0 amide bonds. The van der Waals surface area contributed by atoms with Gasteiger partial charge in [-0.1, -0.05) is 24.4 Å². The lowest BCUT2D eigenvalue weighted by Crippen LogP contribution is -2.34. The van der Waals surface area contributed by atoms with Gasteiger partial charge in [0.05, 0.1) is 19.2 Å². The van der Waals surface area contributed by atoms with Crippen LogP contribution >= 0.6 is 11.6 Å². The summed E-state index contributed by atoms with van der Waals surface area (Å²) in [4.78, 5) is 0. The predicted octanol–water partition coefficient (Wildman–Crippen LogP) is 3.09. The number of rotatable bonds is 3. The first-order chi connectivity index (χ1) is 8.12. The van der Waals surface area contributed by atoms with Crippen molar-refractivity contribution in [3.8, 4) is 11.5 Å². The molecular weight excluding hydrogens is 238 g/mol. The van der Waals surface area contributed by atoms with Crippen LogP contribution in [0.4, 0.5) is 0 Å². The van der Waals surface area contributed by atoms with E-state index < -0.39 is 0 Å². The van der Waals surface area contributed by atoms with E-state index in [1.165, 1.54) is 0 Å². The summed E-state index contributed by atoms with van der Waals surface area (Å²) >= 11 is 6.38. The number of benzene rings is 1. The molecule has 3 nitrogen and oxygen atoms in total. The molecule has 0 heterocycles. The summed E-state index contributed by atoms with van der Waals surface area (Å²) in [6.07, 6.45) is 4.15. The number of methoxy groups -OCH3 is 2. The number of hydrogen-bond donors (Lipinski definition) is 1. The first-order valence-electron chi connectivity index (χ1n) is 5.82. The van der Waals surface area contributed by atoms with Crippen LogP contribution in [-0.2, 0) is 5.54 Å². The molecule has 17 heavy (non-hydrogen) atoms. The summed E-state index contributed by atoms with van der Waals surface area (Å²) in [6, 6.07) is 3.68. The molecule has 94 valence electrons. The van der Waals surface area contributed by atoms with Gasteiger partial charge in [0, 0.05) is 11.1 Å². The molecule has 2 N–H and O–H groups in total. The van der Waals surface area contributed by atoms with Crippen molar-refractivity contribution in [2.24, 2.45) is 5.73 Å². The van der Waals surface area contributed by atoms with Crippen LogP contribution in [0.15, 0.2) is 12.1 Å². The lowest BCUT2D eigenvalue weighted by molar-refractivity contribution is 0.372. The van der Waals surface area contributed by atoms with Crippen LogP contribution in [0.1, 0.15) is 31.2 Å². The van der Waals surface area contributed by atoms with E-state index in [9.17, 15) is 0 Å². The van der Waals surface area contributed by atoms with Crippen molar-refractivity contribution in [2.75, 3.05) is 14.2 Å². The Labute approximate surface area is 107 Å². The van der Waals surface area contributed by atoms with Crippen molar-refractivity contribution in [3.63, 3.8) is 0 Å². The van der Waals surface area contributed by atoms with Crippen LogP contribution in [0.2, 0.25) is 5.02 Å². The molecule has 2 rings (SSSR count). The van der Waals surface area contributed by atoms with E-state index in [2.05, 4.69) is 0 Å². The summed E-state index contributed by atoms with van der Waals surface area (Å²) in [7, 11) is 3.25. The molecule has 4 heteroatoms. The third kappa shape index (κ3) is 2.09. The molecule has 1 aromatic carbocycles. The highest BCUT2D eigenvalue weighted by Gasteiger charge is 2.36. The fraction of sp³-hybridized carbons (Fsp3) is 0.538. The van der Waals surface area contributed by atoms with Gasteiger partial charge in [-0.2, -0.15) is 0 Å². The Balaban J connectivity index is 2.56. The highest BCUT2D eigenvalue weighted by molar-refractivity contribution is 6.33. The van der Waals surface area contributed by atoms with E-state index in [0.29, 0.717) is 10.8 Å². The molecule has 0 aromatic heterocycles. The topological polar surface area (TPSA) is 44.5 Å². The van der Waals surface area contributed by atoms with E-state index in [4.69, 9.17) is 26.8 Å². The second kappa shape index (κ2) is 4.75. The first kappa shape index (κ1) is 12.5. The Bertz CT molecular complexity index is 414. The zero-order chi connectivity index (χ0) is 12.5. The number of hydrogen-bond acceptors (Lipinski definition) is 3. The van der Waals surface area contributed by atoms with E-state index in [0.717, 1.165) is 37.0 Å². The quantitative estimate of drug-likeness (QED) is 0.903. The zero-order valence-corrected chi connectivity index (χ0v) is 11.0. The van der Waals surface area contributed by atoms with Crippen molar-refractivity contribution < 1.29 is 9.47 Å². The maximum atomic E-state index is 6.46. The van der Waals surface area contributed by atoms with Crippen LogP contribution in [0.5, 0.6) is 11.5 Å². The van der Waals surface area contributed by atoms with Gasteiger partial charge in [-0.15, -0.1) is 0 Å². The molecule has 1 aliphatic carbocycles.